The van der Waals surface area contributed by atoms with Crippen LogP contribution in [0.25, 0.3) is 0 Å². The number of carbonyl (C=O) groups is 1. The van der Waals surface area contributed by atoms with Crippen molar-refractivity contribution >= 4 is 68.2 Å². The fraction of sp³-hybridized carbons (Fsp3) is 0.176. The molecule has 0 saturated carbocycles. The Hall–Kier alpha value is -1.08. The van der Waals surface area contributed by atoms with Crippen molar-refractivity contribution in [3.63, 3.8) is 0 Å². The summed E-state index contributed by atoms with van der Waals surface area (Å²) in [5.41, 5.74) is 1.92. The summed E-state index contributed by atoms with van der Waals surface area (Å²) < 4.78 is 1.04. The lowest BCUT2D eigenvalue weighted by Gasteiger charge is -2.25. The molecule has 0 bridgehead atoms. The Morgan fingerprint density at radius 1 is 1.12 bits per heavy atom. The number of hydrogen-bond acceptors (Lipinski definition) is 3. The fourth-order valence-electron chi connectivity index (χ4n) is 3.00. The molecule has 2 saturated heterocycles. The molecule has 0 aromatic heterocycles. The van der Waals surface area contributed by atoms with Gasteiger partial charge in [-0.25, -0.2) is 0 Å². The zero-order chi connectivity index (χ0) is 16.8. The minimum absolute atomic E-state index is 0.0365. The van der Waals surface area contributed by atoms with E-state index in [1.807, 2.05) is 24.3 Å². The zero-order valence-corrected chi connectivity index (χ0v) is 16.3. The molecule has 2 aromatic rings. The molecule has 0 N–H and O–H groups in total. The Labute approximate surface area is 163 Å². The number of benzene rings is 2. The first-order chi connectivity index (χ1) is 11.6. The van der Waals surface area contributed by atoms with Crippen LogP contribution in [-0.2, 0) is 4.79 Å². The average Bonchev–Trinajstić information content (AvgIpc) is 3.11. The molecule has 1 amide bonds. The molecule has 0 spiro atoms. The van der Waals surface area contributed by atoms with Gasteiger partial charge in [0.2, 0.25) is 0 Å². The molecule has 4 rings (SSSR count). The molecule has 0 radical (unpaired) electrons. The Kier molecular flexibility index (Phi) is 4.33. The van der Waals surface area contributed by atoms with Crippen LogP contribution in [0.3, 0.4) is 0 Å². The number of hydrogen-bond donors (Lipinski definition) is 0. The van der Waals surface area contributed by atoms with Crippen molar-refractivity contribution < 1.29 is 4.79 Å². The van der Waals surface area contributed by atoms with Gasteiger partial charge in [-0.3, -0.25) is 9.69 Å². The molecular weight excluding hydrogens is 428 g/mol. The van der Waals surface area contributed by atoms with Crippen LogP contribution in [0.5, 0.6) is 0 Å². The van der Waals surface area contributed by atoms with Crippen LogP contribution < -0.4 is 4.90 Å². The van der Waals surface area contributed by atoms with Crippen molar-refractivity contribution in [1.29, 1.82) is 0 Å². The molecule has 122 valence electrons. The monoisotopic (exact) mass is 438 g/mol. The van der Waals surface area contributed by atoms with Crippen LogP contribution in [0.15, 0.2) is 53.0 Å². The third-order valence-corrected chi connectivity index (χ3v) is 6.66. The standard InChI is InChI=1S/C17H12BrClN2OS2/c18-11-3-1-10(2-4-11)16-21-14(9-24-16)15(22)20(17(21)23)13-7-5-12(19)6-8-13/h1-8,14,16H,9H2/t14-,16?/m0/s1. The maximum atomic E-state index is 12.9. The molecule has 7 heteroatoms. The minimum atomic E-state index is -0.202. The molecule has 3 nitrogen and oxygen atoms in total. The molecule has 24 heavy (non-hydrogen) atoms. The van der Waals surface area contributed by atoms with Crippen LogP contribution in [0.4, 0.5) is 5.69 Å². The second kappa shape index (κ2) is 6.33. The van der Waals surface area contributed by atoms with Gasteiger partial charge in [0.25, 0.3) is 5.91 Å². The van der Waals surface area contributed by atoms with E-state index in [1.54, 1.807) is 28.8 Å². The van der Waals surface area contributed by atoms with Crippen molar-refractivity contribution in [2.24, 2.45) is 0 Å². The highest BCUT2D eigenvalue weighted by Gasteiger charge is 2.50. The lowest BCUT2D eigenvalue weighted by molar-refractivity contribution is -0.119. The smallest absolute Gasteiger partial charge is 0.257 e. The van der Waals surface area contributed by atoms with Crippen molar-refractivity contribution in [1.82, 2.24) is 4.90 Å². The highest BCUT2D eigenvalue weighted by atomic mass is 79.9. The van der Waals surface area contributed by atoms with Crippen molar-refractivity contribution in [3.8, 4) is 0 Å². The van der Waals surface area contributed by atoms with Crippen LogP contribution in [0.1, 0.15) is 10.9 Å². The SMILES string of the molecule is O=C1[C@@H]2CSC(c3ccc(Br)cc3)N2C(=S)N1c1ccc(Cl)cc1. The second-order valence-corrected chi connectivity index (χ2v) is 8.42. The van der Waals surface area contributed by atoms with Gasteiger partial charge < -0.3 is 4.90 Å². The van der Waals surface area contributed by atoms with E-state index in [0.29, 0.717) is 10.1 Å². The minimum Gasteiger partial charge on any atom is -0.319 e. The summed E-state index contributed by atoms with van der Waals surface area (Å²) in [6.07, 6.45) is 0. The number of thioether (sulfide) groups is 1. The summed E-state index contributed by atoms with van der Waals surface area (Å²) in [6, 6.07) is 15.2. The summed E-state index contributed by atoms with van der Waals surface area (Å²) in [6.45, 7) is 0. The highest BCUT2D eigenvalue weighted by Crippen LogP contribution is 2.46. The number of carbonyl (C=O) groups excluding carboxylic acids is 1. The molecular formula is C17H12BrClN2OS2. The third kappa shape index (κ3) is 2.65. The normalized spacial score (nSPS) is 23.1. The van der Waals surface area contributed by atoms with E-state index in [0.717, 1.165) is 21.5 Å². The van der Waals surface area contributed by atoms with E-state index in [4.69, 9.17) is 23.8 Å². The van der Waals surface area contributed by atoms with Crippen LogP contribution in [-0.4, -0.2) is 27.7 Å². The van der Waals surface area contributed by atoms with Gasteiger partial charge >= 0.3 is 0 Å². The largest absolute Gasteiger partial charge is 0.319 e. The van der Waals surface area contributed by atoms with Gasteiger partial charge in [0.15, 0.2) is 5.11 Å². The van der Waals surface area contributed by atoms with E-state index in [1.165, 1.54) is 0 Å². The van der Waals surface area contributed by atoms with E-state index in [2.05, 4.69) is 33.0 Å². The number of amides is 1. The summed E-state index contributed by atoms with van der Waals surface area (Å²) in [5, 5.41) is 1.27. The molecule has 2 aliphatic heterocycles. The molecule has 2 atom stereocenters. The van der Waals surface area contributed by atoms with E-state index in [9.17, 15) is 4.79 Å². The van der Waals surface area contributed by atoms with Gasteiger partial charge in [0.1, 0.15) is 11.4 Å². The Balaban J connectivity index is 1.67. The maximum absolute atomic E-state index is 12.9. The predicted molar refractivity (Wildman–Crippen MR) is 107 cm³/mol. The molecule has 2 aliphatic rings. The number of halogens is 2. The van der Waals surface area contributed by atoms with Gasteiger partial charge in [-0.15, -0.1) is 11.8 Å². The third-order valence-electron chi connectivity index (χ3n) is 4.16. The van der Waals surface area contributed by atoms with Gasteiger partial charge in [-0.2, -0.15) is 0 Å². The van der Waals surface area contributed by atoms with Gasteiger partial charge in [-0.1, -0.05) is 39.7 Å². The molecule has 2 heterocycles. The summed E-state index contributed by atoms with van der Waals surface area (Å²) in [5.74, 6) is 0.776. The lowest BCUT2D eigenvalue weighted by atomic mass is 10.2. The highest BCUT2D eigenvalue weighted by molar-refractivity contribution is 9.10. The lowest BCUT2D eigenvalue weighted by Crippen LogP contribution is -2.33. The van der Waals surface area contributed by atoms with Crippen molar-refractivity contribution in [3.05, 3.63) is 63.6 Å². The number of nitrogens with zero attached hydrogens (tertiary/aromatic N) is 2. The maximum Gasteiger partial charge on any atom is 0.257 e. The predicted octanol–water partition coefficient (Wildman–Crippen LogP) is 4.85. The molecule has 2 fully saturated rings. The first kappa shape index (κ1) is 16.4. The molecule has 0 aliphatic carbocycles. The van der Waals surface area contributed by atoms with Crippen molar-refractivity contribution in [2.75, 3.05) is 10.7 Å². The summed E-state index contributed by atoms with van der Waals surface area (Å²) >= 11 is 16.8. The van der Waals surface area contributed by atoms with Gasteiger partial charge in [-0.05, 0) is 54.2 Å². The summed E-state index contributed by atoms with van der Waals surface area (Å²) in [4.78, 5) is 16.5. The Bertz CT molecular complexity index is 812. The van der Waals surface area contributed by atoms with E-state index in [-0.39, 0.29) is 17.3 Å². The van der Waals surface area contributed by atoms with E-state index >= 15 is 0 Å². The molecule has 2 aromatic carbocycles. The topological polar surface area (TPSA) is 23.6 Å². The zero-order valence-electron chi connectivity index (χ0n) is 12.4. The quantitative estimate of drug-likeness (QED) is 0.624. The van der Waals surface area contributed by atoms with Crippen LogP contribution in [0, 0.1) is 0 Å². The fourth-order valence-corrected chi connectivity index (χ4v) is 5.31. The average molecular weight is 440 g/mol. The Morgan fingerprint density at radius 3 is 2.46 bits per heavy atom. The van der Waals surface area contributed by atoms with Gasteiger partial charge in [0, 0.05) is 15.2 Å². The van der Waals surface area contributed by atoms with Crippen LogP contribution in [0.2, 0.25) is 5.02 Å². The van der Waals surface area contributed by atoms with E-state index < -0.39 is 0 Å². The second-order valence-electron chi connectivity index (χ2n) is 5.59. The number of rotatable bonds is 2. The Morgan fingerprint density at radius 2 is 1.79 bits per heavy atom. The number of anilines is 1. The first-order valence-corrected chi connectivity index (χ1v) is 9.98. The summed E-state index contributed by atoms with van der Waals surface area (Å²) in [7, 11) is 0. The molecule has 1 unspecified atom stereocenters. The van der Waals surface area contributed by atoms with Crippen LogP contribution >= 0.6 is 51.5 Å². The van der Waals surface area contributed by atoms with Gasteiger partial charge in [0.05, 0.1) is 5.69 Å². The van der Waals surface area contributed by atoms with Crippen molar-refractivity contribution in [2.45, 2.75) is 11.4 Å². The first-order valence-electron chi connectivity index (χ1n) is 7.35. The number of fused-ring (bicyclic) bond motifs is 1. The number of thiocarbonyl (C=S) groups is 1.